The maximum absolute atomic E-state index is 5.78. The normalized spacial score (nSPS) is 10.3. The van der Waals surface area contributed by atoms with Crippen LogP contribution in [0.2, 0.25) is 0 Å². The van der Waals surface area contributed by atoms with Gasteiger partial charge in [0.05, 0.1) is 5.69 Å². The molecule has 0 atom stereocenters. The third-order valence-electron chi connectivity index (χ3n) is 1.68. The first-order chi connectivity index (χ1) is 7.15. The van der Waals surface area contributed by atoms with Crippen molar-refractivity contribution < 1.29 is 4.74 Å². The smallest absolute Gasteiger partial charge is 0.299 e. The molecule has 1 aromatic heterocycles. The fourth-order valence-corrected chi connectivity index (χ4v) is 1.95. The summed E-state index contributed by atoms with van der Waals surface area (Å²) < 4.78 is 6.40. The second-order valence-electron chi connectivity index (χ2n) is 2.87. The minimum atomic E-state index is 0.501. The van der Waals surface area contributed by atoms with E-state index in [1.54, 1.807) is 12.1 Å². The molecule has 4 nitrogen and oxygen atoms in total. The minimum absolute atomic E-state index is 0.501. The lowest BCUT2D eigenvalue weighted by molar-refractivity contribution is 0.475. The third-order valence-corrected chi connectivity index (χ3v) is 2.89. The Kier molecular flexibility index (Phi) is 2.88. The average molecular weight is 286 g/mol. The molecule has 2 aromatic rings. The van der Waals surface area contributed by atoms with Crippen molar-refractivity contribution in [2.45, 2.75) is 6.92 Å². The molecule has 0 bridgehead atoms. The number of ether oxygens (including phenoxy) is 1. The van der Waals surface area contributed by atoms with Crippen LogP contribution in [0, 0.1) is 6.92 Å². The van der Waals surface area contributed by atoms with Crippen LogP contribution in [0.4, 0.5) is 5.69 Å². The van der Waals surface area contributed by atoms with Crippen LogP contribution >= 0.6 is 27.3 Å². The molecule has 78 valence electrons. The molecule has 0 aliphatic rings. The van der Waals surface area contributed by atoms with Crippen molar-refractivity contribution >= 4 is 33.0 Å². The van der Waals surface area contributed by atoms with Crippen molar-refractivity contribution in [3.63, 3.8) is 0 Å². The Morgan fingerprint density at radius 3 is 2.80 bits per heavy atom. The maximum atomic E-state index is 5.78. The van der Waals surface area contributed by atoms with E-state index in [1.807, 2.05) is 13.0 Å². The first-order valence-electron chi connectivity index (χ1n) is 4.18. The number of aromatic nitrogens is 2. The zero-order valence-electron chi connectivity index (χ0n) is 7.90. The Labute approximate surface area is 99.2 Å². The highest BCUT2D eigenvalue weighted by atomic mass is 79.9. The van der Waals surface area contributed by atoms with Gasteiger partial charge in [-0.15, -0.1) is 5.10 Å². The standard InChI is InChI=1S/C9H8BrN3OS/c1-5-12-13-9(15-5)14-8-3-2-6(10)4-7(8)11/h2-4H,11H2,1H3. The SMILES string of the molecule is Cc1nnc(Oc2ccc(Br)cc2N)s1. The molecule has 0 aliphatic heterocycles. The van der Waals surface area contributed by atoms with Gasteiger partial charge in [0, 0.05) is 4.47 Å². The summed E-state index contributed by atoms with van der Waals surface area (Å²) in [5.41, 5.74) is 6.34. The summed E-state index contributed by atoms with van der Waals surface area (Å²) in [7, 11) is 0. The first kappa shape index (κ1) is 10.4. The number of benzene rings is 1. The number of nitrogen functional groups attached to an aromatic ring is 1. The van der Waals surface area contributed by atoms with Gasteiger partial charge in [-0.3, -0.25) is 0 Å². The number of anilines is 1. The van der Waals surface area contributed by atoms with Crippen molar-refractivity contribution in [3.8, 4) is 10.9 Å². The molecule has 2 N–H and O–H groups in total. The molecule has 0 unspecified atom stereocenters. The van der Waals surface area contributed by atoms with Crippen LogP contribution in [-0.4, -0.2) is 10.2 Å². The van der Waals surface area contributed by atoms with Gasteiger partial charge in [-0.05, 0) is 25.1 Å². The van der Waals surface area contributed by atoms with Crippen molar-refractivity contribution in [2.24, 2.45) is 0 Å². The zero-order valence-corrected chi connectivity index (χ0v) is 10.3. The maximum Gasteiger partial charge on any atom is 0.299 e. The molecule has 0 spiro atoms. The lowest BCUT2D eigenvalue weighted by atomic mass is 10.3. The Balaban J connectivity index is 2.24. The van der Waals surface area contributed by atoms with E-state index in [-0.39, 0.29) is 0 Å². The van der Waals surface area contributed by atoms with Crippen molar-refractivity contribution in [3.05, 3.63) is 27.7 Å². The summed E-state index contributed by atoms with van der Waals surface area (Å²) in [5.74, 6) is 0.592. The highest BCUT2D eigenvalue weighted by molar-refractivity contribution is 9.10. The van der Waals surface area contributed by atoms with Crippen LogP contribution in [0.5, 0.6) is 10.9 Å². The molecule has 15 heavy (non-hydrogen) atoms. The second-order valence-corrected chi connectivity index (χ2v) is 4.93. The number of nitrogens with two attached hydrogens (primary N) is 1. The fourth-order valence-electron chi connectivity index (χ4n) is 1.03. The van der Waals surface area contributed by atoms with Gasteiger partial charge in [0.25, 0.3) is 5.19 Å². The lowest BCUT2D eigenvalue weighted by Crippen LogP contribution is -1.91. The number of hydrogen-bond donors (Lipinski definition) is 1. The Morgan fingerprint density at radius 1 is 1.40 bits per heavy atom. The van der Waals surface area contributed by atoms with Crippen LogP contribution < -0.4 is 10.5 Å². The Bertz CT molecular complexity index is 486. The fraction of sp³-hybridized carbons (Fsp3) is 0.111. The van der Waals surface area contributed by atoms with E-state index in [9.17, 15) is 0 Å². The molecule has 0 radical (unpaired) electrons. The quantitative estimate of drug-likeness (QED) is 0.862. The van der Waals surface area contributed by atoms with E-state index in [2.05, 4.69) is 26.1 Å². The molecule has 1 heterocycles. The van der Waals surface area contributed by atoms with Crippen LogP contribution in [0.3, 0.4) is 0 Å². The highest BCUT2D eigenvalue weighted by Gasteiger charge is 2.06. The van der Waals surface area contributed by atoms with Gasteiger partial charge in [0.15, 0.2) is 5.75 Å². The molecular formula is C9H8BrN3OS. The Morgan fingerprint density at radius 2 is 2.20 bits per heavy atom. The highest BCUT2D eigenvalue weighted by Crippen LogP contribution is 2.30. The summed E-state index contributed by atoms with van der Waals surface area (Å²) >= 11 is 4.71. The van der Waals surface area contributed by atoms with Gasteiger partial charge in [-0.25, -0.2) is 0 Å². The van der Waals surface area contributed by atoms with E-state index >= 15 is 0 Å². The van der Waals surface area contributed by atoms with Gasteiger partial charge >= 0.3 is 0 Å². The number of hydrogen-bond acceptors (Lipinski definition) is 5. The number of aryl methyl sites for hydroxylation is 1. The third kappa shape index (κ3) is 2.45. The monoisotopic (exact) mass is 285 g/mol. The molecule has 0 saturated carbocycles. The summed E-state index contributed by atoms with van der Waals surface area (Å²) in [5, 5.41) is 9.07. The number of halogens is 1. The molecular weight excluding hydrogens is 278 g/mol. The van der Waals surface area contributed by atoms with E-state index in [1.165, 1.54) is 11.3 Å². The van der Waals surface area contributed by atoms with E-state index < -0.39 is 0 Å². The van der Waals surface area contributed by atoms with Gasteiger partial charge in [-0.2, -0.15) is 0 Å². The summed E-state index contributed by atoms with van der Waals surface area (Å²) in [6.07, 6.45) is 0. The van der Waals surface area contributed by atoms with E-state index in [4.69, 9.17) is 10.5 Å². The van der Waals surface area contributed by atoms with Gasteiger partial charge < -0.3 is 10.5 Å². The van der Waals surface area contributed by atoms with Crippen molar-refractivity contribution in [1.82, 2.24) is 10.2 Å². The predicted molar refractivity (Wildman–Crippen MR) is 63.3 cm³/mol. The number of nitrogens with zero attached hydrogens (tertiary/aromatic N) is 2. The average Bonchev–Trinajstić information content (AvgIpc) is 2.56. The van der Waals surface area contributed by atoms with Crippen molar-refractivity contribution in [1.29, 1.82) is 0 Å². The molecule has 0 aliphatic carbocycles. The van der Waals surface area contributed by atoms with Crippen LogP contribution in [-0.2, 0) is 0 Å². The van der Waals surface area contributed by atoms with E-state index in [0.717, 1.165) is 9.48 Å². The molecule has 0 saturated heterocycles. The summed E-state index contributed by atoms with van der Waals surface area (Å²) in [6.45, 7) is 1.87. The van der Waals surface area contributed by atoms with E-state index in [0.29, 0.717) is 16.6 Å². The summed E-state index contributed by atoms with van der Waals surface area (Å²) in [6, 6.07) is 5.43. The summed E-state index contributed by atoms with van der Waals surface area (Å²) in [4.78, 5) is 0. The van der Waals surface area contributed by atoms with Gasteiger partial charge in [0.1, 0.15) is 5.01 Å². The van der Waals surface area contributed by atoms with Crippen LogP contribution in [0.15, 0.2) is 22.7 Å². The molecule has 0 amide bonds. The Hall–Kier alpha value is -1.14. The van der Waals surface area contributed by atoms with Crippen LogP contribution in [0.1, 0.15) is 5.01 Å². The number of rotatable bonds is 2. The predicted octanol–water partition coefficient (Wildman–Crippen LogP) is 2.98. The topological polar surface area (TPSA) is 61.0 Å². The minimum Gasteiger partial charge on any atom is -0.428 e. The van der Waals surface area contributed by atoms with Crippen LogP contribution in [0.25, 0.3) is 0 Å². The van der Waals surface area contributed by atoms with Crippen molar-refractivity contribution in [2.75, 3.05) is 5.73 Å². The molecule has 6 heteroatoms. The molecule has 1 aromatic carbocycles. The van der Waals surface area contributed by atoms with Gasteiger partial charge in [0.2, 0.25) is 0 Å². The molecule has 0 fully saturated rings. The molecule has 2 rings (SSSR count). The second kappa shape index (κ2) is 4.16. The zero-order chi connectivity index (χ0) is 10.8. The first-order valence-corrected chi connectivity index (χ1v) is 5.79. The van der Waals surface area contributed by atoms with Gasteiger partial charge in [-0.1, -0.05) is 32.4 Å². The lowest BCUT2D eigenvalue weighted by Gasteiger charge is -2.04. The largest absolute Gasteiger partial charge is 0.428 e.